The van der Waals surface area contributed by atoms with Crippen LogP contribution in [0.25, 0.3) is 0 Å². The molecule has 0 saturated carbocycles. The van der Waals surface area contributed by atoms with E-state index in [9.17, 15) is 34.8 Å². The SMILES string of the molecule is CSC(Nc1cc(C(F)(F)F)cc(C(F)(F)F)c1)=C(C#N)S(C)(=O)=O. The van der Waals surface area contributed by atoms with Crippen LogP contribution in [0, 0.1) is 11.3 Å². The lowest BCUT2D eigenvalue weighted by atomic mass is 10.1. The summed E-state index contributed by atoms with van der Waals surface area (Å²) in [6, 6.07) is 2.09. The van der Waals surface area contributed by atoms with Crippen molar-refractivity contribution >= 4 is 27.3 Å². The Hall–Kier alpha value is -1.87. The Morgan fingerprint density at radius 1 is 1.08 bits per heavy atom. The van der Waals surface area contributed by atoms with Crippen LogP contribution in [0.5, 0.6) is 0 Å². The maximum absolute atomic E-state index is 12.8. The molecule has 0 aromatic heterocycles. The molecule has 0 aliphatic carbocycles. The second kappa shape index (κ2) is 7.17. The number of nitriles is 1. The van der Waals surface area contributed by atoms with Gasteiger partial charge in [-0.25, -0.2) is 8.42 Å². The van der Waals surface area contributed by atoms with E-state index in [0.29, 0.717) is 30.2 Å². The van der Waals surface area contributed by atoms with E-state index in [1.165, 1.54) is 12.3 Å². The number of nitrogens with one attached hydrogen (secondary N) is 1. The van der Waals surface area contributed by atoms with Crippen LogP contribution in [0.2, 0.25) is 0 Å². The molecular weight excluding hydrogens is 394 g/mol. The normalized spacial score (nSPS) is 13.9. The Bertz CT molecular complexity index is 803. The fraction of sp³-hybridized carbons (Fsp3) is 0.308. The minimum atomic E-state index is -5.05. The summed E-state index contributed by atoms with van der Waals surface area (Å²) in [5.74, 6) is 0. The molecule has 0 fully saturated rings. The highest BCUT2D eigenvalue weighted by Crippen LogP contribution is 2.38. The van der Waals surface area contributed by atoms with Gasteiger partial charge in [-0.05, 0) is 24.5 Å². The first-order valence-corrected chi connectivity index (χ1v) is 9.26. The van der Waals surface area contributed by atoms with Crippen molar-refractivity contribution in [3.8, 4) is 6.07 Å². The lowest BCUT2D eigenvalue weighted by Gasteiger charge is -2.16. The van der Waals surface area contributed by atoms with Crippen molar-refractivity contribution in [3.63, 3.8) is 0 Å². The quantitative estimate of drug-likeness (QED) is 0.601. The molecule has 1 aromatic rings. The third kappa shape index (κ3) is 5.57. The summed E-state index contributed by atoms with van der Waals surface area (Å²) < 4.78 is 99.9. The molecule has 0 aliphatic heterocycles. The minimum absolute atomic E-state index is 0.0601. The van der Waals surface area contributed by atoms with Gasteiger partial charge in [-0.3, -0.25) is 0 Å². The van der Waals surface area contributed by atoms with Gasteiger partial charge in [-0.2, -0.15) is 31.6 Å². The van der Waals surface area contributed by atoms with Crippen molar-refractivity contribution in [2.45, 2.75) is 12.4 Å². The first kappa shape index (κ1) is 21.2. The highest BCUT2D eigenvalue weighted by molar-refractivity contribution is 8.04. The zero-order valence-corrected chi connectivity index (χ0v) is 14.2. The Balaban J connectivity index is 3.57. The van der Waals surface area contributed by atoms with Crippen molar-refractivity contribution in [3.05, 3.63) is 39.3 Å². The van der Waals surface area contributed by atoms with E-state index < -0.39 is 48.9 Å². The number of sulfone groups is 1. The highest BCUT2D eigenvalue weighted by atomic mass is 32.2. The zero-order valence-electron chi connectivity index (χ0n) is 12.6. The number of allylic oxidation sites excluding steroid dienone is 1. The largest absolute Gasteiger partial charge is 0.416 e. The van der Waals surface area contributed by atoms with E-state index in [1.54, 1.807) is 0 Å². The zero-order chi connectivity index (χ0) is 19.6. The van der Waals surface area contributed by atoms with Crippen LogP contribution in [0.3, 0.4) is 0 Å². The summed E-state index contributed by atoms with van der Waals surface area (Å²) in [5.41, 5.74) is -3.78. The lowest BCUT2D eigenvalue weighted by molar-refractivity contribution is -0.143. The van der Waals surface area contributed by atoms with Crippen LogP contribution in [-0.4, -0.2) is 20.9 Å². The Labute approximate surface area is 143 Å². The maximum atomic E-state index is 12.8. The molecule has 0 saturated heterocycles. The second-order valence-electron chi connectivity index (χ2n) is 4.67. The van der Waals surface area contributed by atoms with Crippen molar-refractivity contribution in [2.24, 2.45) is 0 Å². The van der Waals surface area contributed by atoms with Crippen LogP contribution in [0.1, 0.15) is 11.1 Å². The first-order chi connectivity index (χ1) is 11.2. The van der Waals surface area contributed by atoms with Gasteiger partial charge in [-0.1, -0.05) is 0 Å². The molecule has 138 valence electrons. The van der Waals surface area contributed by atoms with Gasteiger partial charge in [0.15, 0.2) is 14.7 Å². The van der Waals surface area contributed by atoms with Gasteiger partial charge in [0.25, 0.3) is 0 Å². The van der Waals surface area contributed by atoms with Crippen molar-refractivity contribution in [2.75, 3.05) is 17.8 Å². The molecule has 0 unspecified atom stereocenters. The number of hydrogen-bond donors (Lipinski definition) is 1. The predicted molar refractivity (Wildman–Crippen MR) is 81.1 cm³/mol. The molecule has 0 atom stereocenters. The lowest BCUT2D eigenvalue weighted by Crippen LogP contribution is -2.13. The van der Waals surface area contributed by atoms with Crippen LogP contribution in [0.15, 0.2) is 28.1 Å². The topological polar surface area (TPSA) is 70.0 Å². The molecular formula is C13H10F6N2O2S2. The second-order valence-corrected chi connectivity index (χ2v) is 7.43. The first-order valence-electron chi connectivity index (χ1n) is 6.15. The van der Waals surface area contributed by atoms with Gasteiger partial charge >= 0.3 is 12.4 Å². The highest BCUT2D eigenvalue weighted by Gasteiger charge is 2.37. The van der Waals surface area contributed by atoms with E-state index >= 15 is 0 Å². The molecule has 12 heteroatoms. The third-order valence-electron chi connectivity index (χ3n) is 2.73. The predicted octanol–water partition coefficient (Wildman–Crippen LogP) is 4.24. The summed E-state index contributed by atoms with van der Waals surface area (Å²) >= 11 is 0.655. The average molecular weight is 404 g/mol. The summed E-state index contributed by atoms with van der Waals surface area (Å²) in [7, 11) is -4.03. The summed E-state index contributed by atoms with van der Waals surface area (Å²) in [5, 5.41) is 10.7. The van der Waals surface area contributed by atoms with Gasteiger partial charge in [0, 0.05) is 11.9 Å². The molecule has 1 N–H and O–H groups in total. The number of anilines is 1. The Morgan fingerprint density at radius 3 is 1.80 bits per heavy atom. The van der Waals surface area contributed by atoms with Gasteiger partial charge in [-0.15, -0.1) is 11.8 Å². The number of alkyl halides is 6. The molecule has 1 rings (SSSR count). The summed E-state index contributed by atoms with van der Waals surface area (Å²) in [4.78, 5) is -0.800. The van der Waals surface area contributed by atoms with Crippen molar-refractivity contribution < 1.29 is 34.8 Å². The van der Waals surface area contributed by atoms with Crippen LogP contribution >= 0.6 is 11.8 Å². The molecule has 0 heterocycles. The van der Waals surface area contributed by atoms with Gasteiger partial charge in [0.2, 0.25) is 0 Å². The average Bonchev–Trinajstić information content (AvgIpc) is 2.43. The summed E-state index contributed by atoms with van der Waals surface area (Å²) in [6.07, 6.45) is -8.09. The number of hydrogen-bond acceptors (Lipinski definition) is 5. The monoisotopic (exact) mass is 404 g/mol. The van der Waals surface area contributed by atoms with Crippen LogP contribution in [-0.2, 0) is 22.2 Å². The molecule has 0 amide bonds. The van der Waals surface area contributed by atoms with E-state index in [1.807, 2.05) is 0 Å². The number of halogens is 6. The molecule has 0 radical (unpaired) electrons. The van der Waals surface area contributed by atoms with E-state index in [2.05, 4.69) is 5.32 Å². The molecule has 4 nitrogen and oxygen atoms in total. The van der Waals surface area contributed by atoms with Gasteiger partial charge in [0.05, 0.1) is 11.1 Å². The molecule has 0 bridgehead atoms. The van der Waals surface area contributed by atoms with Gasteiger partial charge < -0.3 is 5.32 Å². The number of nitrogens with zero attached hydrogens (tertiary/aromatic N) is 1. The summed E-state index contributed by atoms with van der Waals surface area (Å²) in [6.45, 7) is 0. The van der Waals surface area contributed by atoms with Crippen molar-refractivity contribution in [1.29, 1.82) is 5.26 Å². The number of rotatable bonds is 4. The molecule has 25 heavy (non-hydrogen) atoms. The molecule has 1 aromatic carbocycles. The van der Waals surface area contributed by atoms with Crippen molar-refractivity contribution in [1.82, 2.24) is 0 Å². The molecule has 0 aliphatic rings. The third-order valence-corrected chi connectivity index (χ3v) is 4.61. The Kier molecular flexibility index (Phi) is 6.07. The van der Waals surface area contributed by atoms with E-state index in [-0.39, 0.29) is 6.07 Å². The number of thioether (sulfide) groups is 1. The minimum Gasteiger partial charge on any atom is -0.349 e. The smallest absolute Gasteiger partial charge is 0.349 e. The fourth-order valence-corrected chi connectivity index (χ4v) is 3.37. The van der Waals surface area contributed by atoms with E-state index in [4.69, 9.17) is 5.26 Å². The standard InChI is InChI=1S/C13H10F6N2O2S2/c1-24-11(10(6-20)25(2,22)23)21-9-4-7(12(14,15)16)3-8(5-9)13(17,18)19/h3-5,21H,1-2H3. The maximum Gasteiger partial charge on any atom is 0.416 e. The van der Waals surface area contributed by atoms with Crippen LogP contribution < -0.4 is 5.32 Å². The van der Waals surface area contributed by atoms with Crippen LogP contribution in [0.4, 0.5) is 32.0 Å². The van der Waals surface area contributed by atoms with E-state index in [0.717, 1.165) is 0 Å². The van der Waals surface area contributed by atoms with Gasteiger partial charge in [0.1, 0.15) is 11.1 Å². The number of benzene rings is 1. The fourth-order valence-electron chi connectivity index (χ4n) is 1.66. The Morgan fingerprint density at radius 2 is 1.52 bits per heavy atom. The molecule has 0 spiro atoms.